The van der Waals surface area contributed by atoms with Gasteiger partial charge in [-0.25, -0.2) is 4.68 Å². The zero-order valence-electron chi connectivity index (χ0n) is 14.3. The molecule has 0 fully saturated rings. The van der Waals surface area contributed by atoms with Gasteiger partial charge in [-0.1, -0.05) is 26.0 Å². The number of carbonyl (C=O) groups is 1. The SMILES string of the molecule is CC(CNC(=O)COc1cnn(C)c1)n1cc(C(C)(C)C)nn1. The molecule has 0 aliphatic carbocycles. The number of hydrogen-bond donors (Lipinski definition) is 1. The van der Waals surface area contributed by atoms with E-state index in [-0.39, 0.29) is 24.0 Å². The van der Waals surface area contributed by atoms with Crippen LogP contribution < -0.4 is 10.1 Å². The molecule has 0 bridgehead atoms. The van der Waals surface area contributed by atoms with Crippen LogP contribution in [0.25, 0.3) is 0 Å². The summed E-state index contributed by atoms with van der Waals surface area (Å²) >= 11 is 0. The molecule has 1 N–H and O–H groups in total. The molecule has 2 aromatic heterocycles. The van der Waals surface area contributed by atoms with Crippen LogP contribution in [0.2, 0.25) is 0 Å². The maximum Gasteiger partial charge on any atom is 0.258 e. The fraction of sp³-hybridized carbons (Fsp3) is 0.600. The van der Waals surface area contributed by atoms with Gasteiger partial charge in [-0.05, 0) is 6.92 Å². The Kier molecular flexibility index (Phi) is 5.02. The quantitative estimate of drug-likeness (QED) is 0.860. The number of nitrogens with one attached hydrogen (secondary N) is 1. The van der Waals surface area contributed by atoms with E-state index in [1.54, 1.807) is 28.8 Å². The van der Waals surface area contributed by atoms with Crippen LogP contribution in [-0.4, -0.2) is 43.8 Å². The molecular weight excluding hydrogens is 296 g/mol. The van der Waals surface area contributed by atoms with Crippen LogP contribution in [0.5, 0.6) is 5.75 Å². The Labute approximate surface area is 135 Å². The van der Waals surface area contributed by atoms with Crippen LogP contribution in [-0.2, 0) is 17.3 Å². The molecule has 1 atom stereocenters. The second kappa shape index (κ2) is 6.80. The van der Waals surface area contributed by atoms with Crippen molar-refractivity contribution in [2.24, 2.45) is 7.05 Å². The Morgan fingerprint density at radius 2 is 2.13 bits per heavy atom. The van der Waals surface area contributed by atoms with Gasteiger partial charge < -0.3 is 10.1 Å². The molecule has 8 nitrogen and oxygen atoms in total. The topological polar surface area (TPSA) is 86.9 Å². The normalized spacial score (nSPS) is 12.9. The van der Waals surface area contributed by atoms with Gasteiger partial charge in [0.1, 0.15) is 0 Å². The largest absolute Gasteiger partial charge is 0.480 e. The lowest BCUT2D eigenvalue weighted by molar-refractivity contribution is -0.123. The number of rotatable bonds is 6. The molecule has 1 unspecified atom stereocenters. The van der Waals surface area contributed by atoms with E-state index in [0.29, 0.717) is 12.3 Å². The van der Waals surface area contributed by atoms with Gasteiger partial charge in [0.25, 0.3) is 5.91 Å². The third kappa shape index (κ3) is 4.80. The lowest BCUT2D eigenvalue weighted by atomic mass is 9.93. The first kappa shape index (κ1) is 17.0. The third-order valence-electron chi connectivity index (χ3n) is 3.38. The summed E-state index contributed by atoms with van der Waals surface area (Å²) in [5.74, 6) is 0.388. The molecular formula is C15H24N6O2. The standard InChI is InChI=1S/C15H24N6O2/c1-11(21-9-13(18-19-21)15(2,3)4)6-16-14(22)10-23-12-7-17-20(5)8-12/h7-9,11H,6,10H2,1-5H3,(H,16,22). The average Bonchev–Trinajstić information content (AvgIpc) is 3.11. The molecule has 23 heavy (non-hydrogen) atoms. The van der Waals surface area contributed by atoms with E-state index in [0.717, 1.165) is 5.69 Å². The minimum absolute atomic E-state index is 0.0148. The Hall–Kier alpha value is -2.38. The van der Waals surface area contributed by atoms with Crippen LogP contribution in [0.15, 0.2) is 18.6 Å². The third-order valence-corrected chi connectivity index (χ3v) is 3.38. The van der Waals surface area contributed by atoms with Crippen LogP contribution >= 0.6 is 0 Å². The van der Waals surface area contributed by atoms with E-state index in [9.17, 15) is 4.79 Å². The van der Waals surface area contributed by atoms with Crippen molar-refractivity contribution in [3.63, 3.8) is 0 Å². The monoisotopic (exact) mass is 320 g/mol. The average molecular weight is 320 g/mol. The van der Waals surface area contributed by atoms with Gasteiger partial charge in [0.05, 0.1) is 24.1 Å². The number of hydrogen-bond acceptors (Lipinski definition) is 5. The zero-order valence-corrected chi connectivity index (χ0v) is 14.3. The highest BCUT2D eigenvalue weighted by atomic mass is 16.5. The molecule has 0 spiro atoms. The molecule has 8 heteroatoms. The molecule has 0 radical (unpaired) electrons. The lowest BCUT2D eigenvalue weighted by Crippen LogP contribution is -2.33. The predicted molar refractivity (Wildman–Crippen MR) is 85.1 cm³/mol. The number of ether oxygens (including phenoxy) is 1. The van der Waals surface area contributed by atoms with E-state index in [1.807, 2.05) is 13.1 Å². The lowest BCUT2D eigenvalue weighted by Gasteiger charge is -2.14. The van der Waals surface area contributed by atoms with Gasteiger partial charge in [0.15, 0.2) is 12.4 Å². The van der Waals surface area contributed by atoms with Crippen molar-refractivity contribution in [2.45, 2.75) is 39.2 Å². The van der Waals surface area contributed by atoms with Crippen molar-refractivity contribution in [2.75, 3.05) is 13.2 Å². The molecule has 0 aromatic carbocycles. The fourth-order valence-corrected chi connectivity index (χ4v) is 1.86. The van der Waals surface area contributed by atoms with E-state index in [1.165, 1.54) is 0 Å². The minimum Gasteiger partial charge on any atom is -0.480 e. The molecule has 1 amide bonds. The summed E-state index contributed by atoms with van der Waals surface area (Å²) in [5.41, 5.74) is 0.884. The minimum atomic E-state index is -0.183. The number of carbonyl (C=O) groups excluding carboxylic acids is 1. The molecule has 2 aromatic rings. The van der Waals surface area contributed by atoms with E-state index in [4.69, 9.17) is 4.74 Å². The first-order chi connectivity index (χ1) is 10.8. The molecule has 2 heterocycles. The van der Waals surface area contributed by atoms with Crippen molar-refractivity contribution in [3.05, 3.63) is 24.3 Å². The number of aromatic nitrogens is 5. The van der Waals surface area contributed by atoms with Crippen molar-refractivity contribution >= 4 is 5.91 Å². The van der Waals surface area contributed by atoms with Crippen molar-refractivity contribution in [3.8, 4) is 5.75 Å². The Bertz CT molecular complexity index is 655. The summed E-state index contributed by atoms with van der Waals surface area (Å²) in [6.45, 7) is 8.66. The first-order valence-electron chi connectivity index (χ1n) is 7.56. The van der Waals surface area contributed by atoms with Gasteiger partial charge in [-0.3, -0.25) is 9.48 Å². The first-order valence-corrected chi connectivity index (χ1v) is 7.56. The summed E-state index contributed by atoms with van der Waals surface area (Å²) in [7, 11) is 1.79. The Balaban J connectivity index is 1.78. The van der Waals surface area contributed by atoms with E-state index < -0.39 is 0 Å². The summed E-state index contributed by atoms with van der Waals surface area (Å²) in [4.78, 5) is 11.8. The molecule has 126 valence electrons. The number of aryl methyl sites for hydroxylation is 1. The van der Waals surface area contributed by atoms with Crippen LogP contribution in [0.4, 0.5) is 0 Å². The predicted octanol–water partition coefficient (Wildman–Crippen LogP) is 1.07. The zero-order chi connectivity index (χ0) is 17.0. The van der Waals surface area contributed by atoms with Gasteiger partial charge in [-0.15, -0.1) is 5.10 Å². The maximum absolute atomic E-state index is 11.8. The highest BCUT2D eigenvalue weighted by Crippen LogP contribution is 2.19. The van der Waals surface area contributed by atoms with E-state index in [2.05, 4.69) is 41.5 Å². The summed E-state index contributed by atoms with van der Waals surface area (Å²) in [6.07, 6.45) is 5.20. The van der Waals surface area contributed by atoms with Gasteiger partial charge >= 0.3 is 0 Å². The highest BCUT2D eigenvalue weighted by molar-refractivity contribution is 5.77. The summed E-state index contributed by atoms with van der Waals surface area (Å²) in [6, 6.07) is 0.0148. The van der Waals surface area contributed by atoms with Crippen molar-refractivity contribution in [1.82, 2.24) is 30.1 Å². The van der Waals surface area contributed by atoms with Gasteiger partial charge in [0, 0.05) is 25.2 Å². The van der Waals surface area contributed by atoms with Gasteiger partial charge in [0.2, 0.25) is 0 Å². The molecule has 0 saturated heterocycles. The summed E-state index contributed by atoms with van der Waals surface area (Å²) < 4.78 is 8.73. The fourth-order valence-electron chi connectivity index (χ4n) is 1.86. The summed E-state index contributed by atoms with van der Waals surface area (Å²) in [5, 5.41) is 15.1. The van der Waals surface area contributed by atoms with Crippen molar-refractivity contribution < 1.29 is 9.53 Å². The molecule has 0 saturated carbocycles. The second-order valence-electron chi connectivity index (χ2n) is 6.63. The van der Waals surface area contributed by atoms with E-state index >= 15 is 0 Å². The highest BCUT2D eigenvalue weighted by Gasteiger charge is 2.19. The number of nitrogens with zero attached hydrogens (tertiary/aromatic N) is 5. The second-order valence-corrected chi connectivity index (χ2v) is 6.63. The molecule has 0 aliphatic rings. The maximum atomic E-state index is 11.8. The Morgan fingerprint density at radius 3 is 2.70 bits per heavy atom. The van der Waals surface area contributed by atoms with Crippen LogP contribution in [0.3, 0.4) is 0 Å². The van der Waals surface area contributed by atoms with Crippen molar-refractivity contribution in [1.29, 1.82) is 0 Å². The van der Waals surface area contributed by atoms with Gasteiger partial charge in [-0.2, -0.15) is 5.10 Å². The Morgan fingerprint density at radius 1 is 1.39 bits per heavy atom. The van der Waals surface area contributed by atoms with Crippen LogP contribution in [0.1, 0.15) is 39.4 Å². The van der Waals surface area contributed by atoms with Crippen LogP contribution in [0, 0.1) is 0 Å². The molecule has 2 rings (SSSR count). The number of amides is 1. The molecule has 0 aliphatic heterocycles. The smallest absolute Gasteiger partial charge is 0.258 e.